The molecule has 0 unspecified atom stereocenters. The van der Waals surface area contributed by atoms with Gasteiger partial charge in [0, 0.05) is 19.1 Å². The van der Waals surface area contributed by atoms with Crippen LogP contribution in [-0.2, 0) is 6.54 Å². The summed E-state index contributed by atoms with van der Waals surface area (Å²) in [7, 11) is 0. The van der Waals surface area contributed by atoms with Crippen LogP contribution in [0.1, 0.15) is 36.8 Å². The molecule has 0 spiro atoms. The molecule has 0 amide bonds. The largest absolute Gasteiger partial charge is 0.396 e. The van der Waals surface area contributed by atoms with Crippen LogP contribution in [-0.4, -0.2) is 39.6 Å². The molecule has 1 aromatic heterocycles. The van der Waals surface area contributed by atoms with Crippen molar-refractivity contribution in [3.8, 4) is 0 Å². The maximum atomic E-state index is 8.89. The Morgan fingerprint density at radius 3 is 2.81 bits per heavy atom. The molecule has 16 heavy (non-hydrogen) atoms. The van der Waals surface area contributed by atoms with Gasteiger partial charge in [-0.1, -0.05) is 0 Å². The van der Waals surface area contributed by atoms with Crippen molar-refractivity contribution in [3.63, 3.8) is 0 Å². The molecule has 0 aromatic carbocycles. The molecular formula is C11H20N4O. The first-order valence-corrected chi connectivity index (χ1v) is 6.04. The highest BCUT2D eigenvalue weighted by molar-refractivity contribution is 5.02. The summed E-state index contributed by atoms with van der Waals surface area (Å²) in [5.74, 6) is 2.59. The minimum Gasteiger partial charge on any atom is -0.396 e. The van der Waals surface area contributed by atoms with Gasteiger partial charge in [-0.3, -0.25) is 0 Å². The average molecular weight is 224 g/mol. The van der Waals surface area contributed by atoms with E-state index in [-0.39, 0.29) is 6.61 Å². The Bertz CT molecular complexity index is 331. The molecule has 5 heteroatoms. The van der Waals surface area contributed by atoms with Crippen LogP contribution in [0.3, 0.4) is 0 Å². The first kappa shape index (κ1) is 11.5. The van der Waals surface area contributed by atoms with Crippen LogP contribution in [0.2, 0.25) is 0 Å². The van der Waals surface area contributed by atoms with Crippen LogP contribution in [0.4, 0.5) is 0 Å². The quantitative estimate of drug-likeness (QED) is 0.779. The minimum absolute atomic E-state index is 0.225. The number of rotatable bonds is 4. The van der Waals surface area contributed by atoms with Gasteiger partial charge in [0.25, 0.3) is 0 Å². The zero-order chi connectivity index (χ0) is 11.4. The van der Waals surface area contributed by atoms with Crippen LogP contribution < -0.4 is 5.32 Å². The van der Waals surface area contributed by atoms with Crippen molar-refractivity contribution < 1.29 is 5.11 Å². The van der Waals surface area contributed by atoms with Gasteiger partial charge in [0.15, 0.2) is 0 Å². The van der Waals surface area contributed by atoms with Crippen LogP contribution in [0, 0.1) is 6.92 Å². The molecule has 0 saturated carbocycles. The lowest BCUT2D eigenvalue weighted by molar-refractivity contribution is 0.277. The molecule has 5 nitrogen and oxygen atoms in total. The van der Waals surface area contributed by atoms with Crippen LogP contribution >= 0.6 is 0 Å². The smallest absolute Gasteiger partial charge is 0.136 e. The minimum atomic E-state index is 0.225. The Morgan fingerprint density at radius 1 is 1.38 bits per heavy atom. The van der Waals surface area contributed by atoms with Crippen LogP contribution in [0.5, 0.6) is 0 Å². The third-order valence-corrected chi connectivity index (χ3v) is 3.21. The van der Waals surface area contributed by atoms with E-state index in [0.29, 0.717) is 5.92 Å². The predicted octanol–water partition coefficient (Wildman–Crippen LogP) is 0.436. The third kappa shape index (κ3) is 2.41. The van der Waals surface area contributed by atoms with E-state index in [0.717, 1.165) is 50.5 Å². The molecule has 1 aromatic rings. The Kier molecular flexibility index (Phi) is 3.90. The number of aromatic nitrogens is 3. The van der Waals surface area contributed by atoms with Crippen molar-refractivity contribution in [2.75, 3.05) is 19.7 Å². The molecule has 0 radical (unpaired) electrons. The number of aryl methyl sites for hydroxylation is 1. The lowest BCUT2D eigenvalue weighted by Crippen LogP contribution is -2.28. The number of hydrogen-bond acceptors (Lipinski definition) is 4. The van der Waals surface area contributed by atoms with Gasteiger partial charge >= 0.3 is 0 Å². The molecule has 2 heterocycles. The van der Waals surface area contributed by atoms with Gasteiger partial charge in [-0.05, 0) is 39.3 Å². The number of nitrogens with zero attached hydrogens (tertiary/aromatic N) is 3. The molecule has 1 fully saturated rings. The third-order valence-electron chi connectivity index (χ3n) is 3.21. The lowest BCUT2D eigenvalue weighted by atomic mass is 9.97. The molecule has 2 N–H and O–H groups in total. The van der Waals surface area contributed by atoms with Crippen molar-refractivity contribution in [2.45, 2.75) is 38.6 Å². The zero-order valence-electron chi connectivity index (χ0n) is 9.82. The Morgan fingerprint density at radius 2 is 2.12 bits per heavy atom. The first-order valence-electron chi connectivity index (χ1n) is 6.04. The Labute approximate surface area is 95.9 Å². The van der Waals surface area contributed by atoms with Crippen LogP contribution in [0.15, 0.2) is 0 Å². The van der Waals surface area contributed by atoms with E-state index in [1.807, 2.05) is 6.92 Å². The number of aliphatic hydroxyl groups excluding tert-OH is 1. The van der Waals surface area contributed by atoms with E-state index in [1.165, 1.54) is 0 Å². The fourth-order valence-electron chi connectivity index (χ4n) is 2.28. The second kappa shape index (κ2) is 5.41. The molecule has 0 atom stereocenters. The summed E-state index contributed by atoms with van der Waals surface area (Å²) >= 11 is 0. The molecule has 90 valence electrons. The molecule has 1 aliphatic rings. The fraction of sp³-hybridized carbons (Fsp3) is 0.818. The summed E-state index contributed by atoms with van der Waals surface area (Å²) in [5.41, 5.74) is 0. The van der Waals surface area contributed by atoms with E-state index in [4.69, 9.17) is 5.11 Å². The van der Waals surface area contributed by atoms with Gasteiger partial charge in [-0.15, -0.1) is 10.2 Å². The SMILES string of the molecule is Cc1nnc(C2CCNCC2)n1CCCO. The number of nitrogens with one attached hydrogen (secondary N) is 1. The molecule has 2 rings (SSSR count). The second-order valence-electron chi connectivity index (χ2n) is 4.36. The van der Waals surface area contributed by atoms with Gasteiger partial charge in [0.05, 0.1) is 0 Å². The summed E-state index contributed by atoms with van der Waals surface area (Å²) in [6.07, 6.45) is 3.05. The van der Waals surface area contributed by atoms with E-state index in [2.05, 4.69) is 20.1 Å². The van der Waals surface area contributed by atoms with Gasteiger partial charge < -0.3 is 15.0 Å². The number of piperidine rings is 1. The Hall–Kier alpha value is -0.940. The molecule has 1 saturated heterocycles. The lowest BCUT2D eigenvalue weighted by Gasteiger charge is -2.22. The Balaban J connectivity index is 2.12. The van der Waals surface area contributed by atoms with Crippen molar-refractivity contribution in [3.05, 3.63) is 11.6 Å². The maximum absolute atomic E-state index is 8.89. The summed E-state index contributed by atoms with van der Waals surface area (Å²) in [6, 6.07) is 0. The van der Waals surface area contributed by atoms with E-state index in [9.17, 15) is 0 Å². The number of aliphatic hydroxyl groups is 1. The van der Waals surface area contributed by atoms with Crippen molar-refractivity contribution >= 4 is 0 Å². The summed E-state index contributed by atoms with van der Waals surface area (Å²) < 4.78 is 2.16. The highest BCUT2D eigenvalue weighted by atomic mass is 16.3. The van der Waals surface area contributed by atoms with Gasteiger partial charge in [-0.25, -0.2) is 0 Å². The number of hydrogen-bond donors (Lipinski definition) is 2. The van der Waals surface area contributed by atoms with Gasteiger partial charge in [0.1, 0.15) is 11.6 Å². The summed E-state index contributed by atoms with van der Waals surface area (Å²) in [5, 5.41) is 20.7. The van der Waals surface area contributed by atoms with Crippen molar-refractivity contribution in [2.24, 2.45) is 0 Å². The molecule has 1 aliphatic heterocycles. The van der Waals surface area contributed by atoms with E-state index >= 15 is 0 Å². The first-order chi connectivity index (χ1) is 7.83. The maximum Gasteiger partial charge on any atom is 0.136 e. The molecule has 0 bridgehead atoms. The highest BCUT2D eigenvalue weighted by Crippen LogP contribution is 2.24. The second-order valence-corrected chi connectivity index (χ2v) is 4.36. The van der Waals surface area contributed by atoms with Crippen LogP contribution in [0.25, 0.3) is 0 Å². The molecule has 0 aliphatic carbocycles. The summed E-state index contributed by atoms with van der Waals surface area (Å²) in [6.45, 7) is 5.17. The average Bonchev–Trinajstić information content (AvgIpc) is 2.69. The zero-order valence-corrected chi connectivity index (χ0v) is 9.82. The fourth-order valence-corrected chi connectivity index (χ4v) is 2.28. The highest BCUT2D eigenvalue weighted by Gasteiger charge is 2.21. The van der Waals surface area contributed by atoms with Gasteiger partial charge in [-0.2, -0.15) is 0 Å². The van der Waals surface area contributed by atoms with E-state index in [1.54, 1.807) is 0 Å². The topological polar surface area (TPSA) is 63.0 Å². The van der Waals surface area contributed by atoms with Gasteiger partial charge in [0.2, 0.25) is 0 Å². The molecular weight excluding hydrogens is 204 g/mol. The standard InChI is InChI=1S/C11H20N4O/c1-9-13-14-11(15(9)7-2-8-16)10-3-5-12-6-4-10/h10,12,16H,2-8H2,1H3. The normalized spacial score (nSPS) is 17.9. The van der Waals surface area contributed by atoms with Crippen molar-refractivity contribution in [1.82, 2.24) is 20.1 Å². The summed E-state index contributed by atoms with van der Waals surface area (Å²) in [4.78, 5) is 0. The predicted molar refractivity (Wildman–Crippen MR) is 61.3 cm³/mol. The van der Waals surface area contributed by atoms with Crippen molar-refractivity contribution in [1.29, 1.82) is 0 Å². The van der Waals surface area contributed by atoms with E-state index < -0.39 is 0 Å². The monoisotopic (exact) mass is 224 g/mol.